The predicted octanol–water partition coefficient (Wildman–Crippen LogP) is -2.20. The lowest BCUT2D eigenvalue weighted by Gasteiger charge is -2.17. The highest BCUT2D eigenvalue weighted by molar-refractivity contribution is 5.91. The molecule has 7 nitrogen and oxygen atoms in total. The molecule has 0 aromatic rings. The van der Waals surface area contributed by atoms with Crippen LogP contribution in [0.2, 0.25) is 0 Å². The molecule has 0 heterocycles. The van der Waals surface area contributed by atoms with Crippen molar-refractivity contribution in [1.82, 2.24) is 10.6 Å². The van der Waals surface area contributed by atoms with Gasteiger partial charge in [-0.05, 0) is 20.8 Å². The lowest BCUT2D eigenvalue weighted by molar-refractivity contribution is -0.398. The van der Waals surface area contributed by atoms with E-state index < -0.39 is 30.0 Å². The minimum absolute atomic E-state index is 0.321. The van der Waals surface area contributed by atoms with Crippen molar-refractivity contribution >= 4 is 17.8 Å². The second-order valence-electron chi connectivity index (χ2n) is 3.88. The highest BCUT2D eigenvalue weighted by atomic mass is 16.5. The molecule has 0 aliphatic heterocycles. The summed E-state index contributed by atoms with van der Waals surface area (Å²) >= 11 is 0. The first-order valence-corrected chi connectivity index (χ1v) is 5.31. The molecular formula is C10H20N3O4+. The summed E-state index contributed by atoms with van der Waals surface area (Å²) in [5.41, 5.74) is 3.54. The van der Waals surface area contributed by atoms with Crippen LogP contribution in [0.15, 0.2) is 0 Å². The van der Waals surface area contributed by atoms with Gasteiger partial charge in [-0.1, -0.05) is 0 Å². The molecule has 2 amide bonds. The Labute approximate surface area is 100 Å². The summed E-state index contributed by atoms with van der Waals surface area (Å²) in [6.45, 7) is 4.65. The molecule has 0 saturated heterocycles. The van der Waals surface area contributed by atoms with E-state index in [0.29, 0.717) is 0 Å². The third-order valence-electron chi connectivity index (χ3n) is 2.11. The zero-order chi connectivity index (χ0) is 13.6. The van der Waals surface area contributed by atoms with E-state index in [-0.39, 0.29) is 5.91 Å². The number of hydrogen-bond acceptors (Lipinski definition) is 4. The lowest BCUT2D eigenvalue weighted by Crippen LogP contribution is -2.67. The van der Waals surface area contributed by atoms with Crippen LogP contribution in [0.3, 0.4) is 0 Å². The van der Waals surface area contributed by atoms with E-state index >= 15 is 0 Å². The first-order valence-electron chi connectivity index (χ1n) is 5.31. The van der Waals surface area contributed by atoms with Crippen LogP contribution in [-0.4, -0.2) is 43.0 Å². The molecule has 98 valence electrons. The summed E-state index contributed by atoms with van der Waals surface area (Å²) in [5, 5.41) is 4.90. The average molecular weight is 246 g/mol. The maximum Gasteiger partial charge on any atom is 0.328 e. The zero-order valence-electron chi connectivity index (χ0n) is 10.6. The van der Waals surface area contributed by atoms with E-state index in [9.17, 15) is 14.4 Å². The van der Waals surface area contributed by atoms with Crippen molar-refractivity contribution in [3.63, 3.8) is 0 Å². The second kappa shape index (κ2) is 6.85. The van der Waals surface area contributed by atoms with E-state index in [1.807, 2.05) is 0 Å². The Morgan fingerprint density at radius 3 is 1.88 bits per heavy atom. The summed E-state index contributed by atoms with van der Waals surface area (Å²) < 4.78 is 4.46. The molecule has 0 unspecified atom stereocenters. The number of carbonyl (C=O) groups is 3. The van der Waals surface area contributed by atoms with Crippen LogP contribution in [0.4, 0.5) is 0 Å². The fourth-order valence-corrected chi connectivity index (χ4v) is 0.995. The summed E-state index contributed by atoms with van der Waals surface area (Å²) in [6, 6.07) is -1.91. The molecular weight excluding hydrogens is 226 g/mol. The average Bonchev–Trinajstić information content (AvgIpc) is 2.27. The molecule has 0 aromatic carbocycles. The van der Waals surface area contributed by atoms with Crippen molar-refractivity contribution in [2.75, 3.05) is 7.11 Å². The van der Waals surface area contributed by atoms with Gasteiger partial charge in [-0.3, -0.25) is 9.59 Å². The number of nitrogens with one attached hydrogen (secondary N) is 2. The number of hydrogen-bond donors (Lipinski definition) is 3. The normalized spacial score (nSPS) is 15.4. The Hall–Kier alpha value is -1.63. The van der Waals surface area contributed by atoms with E-state index in [1.165, 1.54) is 21.0 Å². The Bertz CT molecular complexity index is 304. The third kappa shape index (κ3) is 5.30. The summed E-state index contributed by atoms with van der Waals surface area (Å²) in [7, 11) is 1.24. The fourth-order valence-electron chi connectivity index (χ4n) is 0.995. The molecule has 0 spiro atoms. The van der Waals surface area contributed by atoms with E-state index in [2.05, 4.69) is 21.1 Å². The second-order valence-corrected chi connectivity index (χ2v) is 3.88. The quantitative estimate of drug-likeness (QED) is 0.478. The largest absolute Gasteiger partial charge is 0.467 e. The number of amides is 2. The monoisotopic (exact) mass is 246 g/mol. The van der Waals surface area contributed by atoms with Crippen molar-refractivity contribution in [3.8, 4) is 0 Å². The van der Waals surface area contributed by atoms with Crippen LogP contribution in [0, 0.1) is 0 Å². The molecule has 0 aliphatic carbocycles. The van der Waals surface area contributed by atoms with Crippen LogP contribution in [0.25, 0.3) is 0 Å². The number of rotatable bonds is 5. The van der Waals surface area contributed by atoms with Gasteiger partial charge in [0.1, 0.15) is 12.1 Å². The first kappa shape index (κ1) is 15.4. The molecule has 0 radical (unpaired) electrons. The minimum atomic E-state index is -0.746. The molecule has 3 atom stereocenters. The van der Waals surface area contributed by atoms with Crippen LogP contribution >= 0.6 is 0 Å². The van der Waals surface area contributed by atoms with E-state index in [1.54, 1.807) is 6.92 Å². The molecule has 0 fully saturated rings. The highest BCUT2D eigenvalue weighted by Gasteiger charge is 2.22. The van der Waals surface area contributed by atoms with Crippen LogP contribution < -0.4 is 16.4 Å². The van der Waals surface area contributed by atoms with Crippen molar-refractivity contribution in [1.29, 1.82) is 0 Å². The van der Waals surface area contributed by atoms with E-state index in [4.69, 9.17) is 0 Å². The van der Waals surface area contributed by atoms with Gasteiger partial charge >= 0.3 is 5.97 Å². The Balaban J connectivity index is 4.23. The van der Waals surface area contributed by atoms with Gasteiger partial charge < -0.3 is 21.1 Å². The molecule has 0 saturated carbocycles. The molecule has 0 bridgehead atoms. The summed E-state index contributed by atoms with van der Waals surface area (Å²) in [6.07, 6.45) is 0. The molecule has 0 rings (SSSR count). The van der Waals surface area contributed by atoms with Gasteiger partial charge in [-0.25, -0.2) is 4.79 Å². The molecule has 0 aliphatic rings. The van der Waals surface area contributed by atoms with Gasteiger partial charge in [0.2, 0.25) is 5.91 Å². The number of methoxy groups -OCH3 is 1. The molecule has 5 N–H and O–H groups in total. The topological polar surface area (TPSA) is 112 Å². The summed E-state index contributed by atoms with van der Waals surface area (Å²) in [4.78, 5) is 33.9. The zero-order valence-corrected chi connectivity index (χ0v) is 10.6. The van der Waals surface area contributed by atoms with Gasteiger partial charge in [0.25, 0.3) is 5.91 Å². The molecule has 17 heavy (non-hydrogen) atoms. The van der Waals surface area contributed by atoms with Crippen LogP contribution in [0.1, 0.15) is 20.8 Å². The Kier molecular flexibility index (Phi) is 6.19. The van der Waals surface area contributed by atoms with Crippen molar-refractivity contribution in [2.45, 2.75) is 38.9 Å². The number of esters is 1. The minimum Gasteiger partial charge on any atom is -0.467 e. The highest BCUT2D eigenvalue weighted by Crippen LogP contribution is 1.90. The van der Waals surface area contributed by atoms with Gasteiger partial charge in [-0.2, -0.15) is 0 Å². The van der Waals surface area contributed by atoms with Gasteiger partial charge in [0, 0.05) is 0 Å². The molecule has 7 heteroatoms. The SMILES string of the molecule is COC(=O)[C@H](C)NC(=O)[C@H](C)NC(=O)[C@H](C)[NH3+]. The standard InChI is InChI=1S/C10H19N3O4/c1-5(11)8(14)12-6(2)9(15)13-7(3)10(16)17-4/h5-7H,11H2,1-4H3,(H,12,14)(H,13,15)/p+1/t5-,6-,7-/m0/s1. The van der Waals surface area contributed by atoms with Gasteiger partial charge in [-0.15, -0.1) is 0 Å². The van der Waals surface area contributed by atoms with Crippen molar-refractivity contribution in [2.24, 2.45) is 0 Å². The van der Waals surface area contributed by atoms with Crippen molar-refractivity contribution < 1.29 is 24.9 Å². The fraction of sp³-hybridized carbons (Fsp3) is 0.700. The summed E-state index contributed by atoms with van der Waals surface area (Å²) in [5.74, 6) is -1.31. The predicted molar refractivity (Wildman–Crippen MR) is 59.6 cm³/mol. The first-order chi connectivity index (χ1) is 7.79. The van der Waals surface area contributed by atoms with Crippen molar-refractivity contribution in [3.05, 3.63) is 0 Å². The smallest absolute Gasteiger partial charge is 0.328 e. The van der Waals surface area contributed by atoms with Crippen LogP contribution in [0.5, 0.6) is 0 Å². The van der Waals surface area contributed by atoms with Gasteiger partial charge in [0.15, 0.2) is 6.04 Å². The third-order valence-corrected chi connectivity index (χ3v) is 2.11. The number of ether oxygens (including phenoxy) is 1. The lowest BCUT2D eigenvalue weighted by atomic mass is 10.2. The Morgan fingerprint density at radius 1 is 1.00 bits per heavy atom. The maximum atomic E-state index is 11.6. The Morgan fingerprint density at radius 2 is 1.47 bits per heavy atom. The van der Waals surface area contributed by atoms with Gasteiger partial charge in [0.05, 0.1) is 7.11 Å². The maximum absolute atomic E-state index is 11.6. The van der Waals surface area contributed by atoms with Crippen LogP contribution in [-0.2, 0) is 19.1 Å². The van der Waals surface area contributed by atoms with E-state index in [0.717, 1.165) is 0 Å². The number of carbonyl (C=O) groups excluding carboxylic acids is 3. The number of quaternary nitrogens is 1. The molecule has 0 aromatic heterocycles.